The van der Waals surface area contributed by atoms with E-state index >= 15 is 0 Å². The number of aromatic amines is 1. The van der Waals surface area contributed by atoms with E-state index in [4.69, 9.17) is 5.73 Å². The first-order chi connectivity index (χ1) is 13.4. The predicted molar refractivity (Wildman–Crippen MR) is 101 cm³/mol. The largest absolute Gasteiger partial charge is 0.326 e. The number of anilines is 1. The second-order valence-corrected chi connectivity index (χ2v) is 6.19. The minimum absolute atomic E-state index is 0.0132. The first-order valence-corrected chi connectivity index (χ1v) is 8.59. The predicted octanol–water partition coefficient (Wildman–Crippen LogP) is 1.68. The summed E-state index contributed by atoms with van der Waals surface area (Å²) in [6, 6.07) is 7.09. The van der Waals surface area contributed by atoms with E-state index in [-0.39, 0.29) is 31.1 Å². The van der Waals surface area contributed by atoms with Gasteiger partial charge in [-0.25, -0.2) is 4.98 Å². The molecule has 28 heavy (non-hydrogen) atoms. The summed E-state index contributed by atoms with van der Waals surface area (Å²) in [5, 5.41) is 24.8. The highest BCUT2D eigenvalue weighted by Crippen LogP contribution is 2.22. The number of nitrogens with two attached hydrogens (primary N) is 1. The number of nitrogens with one attached hydrogen (secondary N) is 2. The van der Waals surface area contributed by atoms with Crippen molar-refractivity contribution in [3.63, 3.8) is 0 Å². The molecule has 0 saturated heterocycles. The van der Waals surface area contributed by atoms with E-state index in [9.17, 15) is 14.9 Å². The number of benzene rings is 1. The van der Waals surface area contributed by atoms with Gasteiger partial charge in [-0.1, -0.05) is 0 Å². The molecule has 0 unspecified atom stereocenters. The molecule has 0 bridgehead atoms. The maximum Gasteiger partial charge on any atom is 0.312 e. The van der Waals surface area contributed by atoms with Gasteiger partial charge in [0.2, 0.25) is 5.91 Å². The summed E-state index contributed by atoms with van der Waals surface area (Å²) in [6.45, 7) is 3.73. The molecule has 0 aliphatic heterocycles. The van der Waals surface area contributed by atoms with Crippen LogP contribution in [-0.4, -0.2) is 35.8 Å². The fourth-order valence-corrected chi connectivity index (χ4v) is 2.82. The lowest BCUT2D eigenvalue weighted by Crippen LogP contribution is -2.15. The van der Waals surface area contributed by atoms with Gasteiger partial charge in [0.25, 0.3) is 0 Å². The van der Waals surface area contributed by atoms with E-state index in [1.807, 2.05) is 0 Å². The van der Waals surface area contributed by atoms with Gasteiger partial charge in [0.15, 0.2) is 5.82 Å². The Kier molecular flexibility index (Phi) is 5.45. The molecule has 0 aliphatic carbocycles. The number of rotatable bonds is 7. The zero-order valence-corrected chi connectivity index (χ0v) is 15.5. The maximum absolute atomic E-state index is 12.2. The van der Waals surface area contributed by atoms with Gasteiger partial charge in [0.1, 0.15) is 17.2 Å². The normalized spacial score (nSPS) is 10.8. The first kappa shape index (κ1) is 19.2. The first-order valence-electron chi connectivity index (χ1n) is 8.59. The van der Waals surface area contributed by atoms with Gasteiger partial charge >= 0.3 is 5.69 Å². The number of H-pyrrole nitrogens is 1. The molecular weight excluding hydrogens is 364 g/mol. The molecule has 1 amide bonds. The van der Waals surface area contributed by atoms with Crippen LogP contribution in [0.25, 0.3) is 11.4 Å². The molecule has 11 nitrogen and oxygen atoms in total. The van der Waals surface area contributed by atoms with Crippen LogP contribution < -0.4 is 11.1 Å². The van der Waals surface area contributed by atoms with E-state index in [0.717, 1.165) is 5.56 Å². The zero-order valence-electron chi connectivity index (χ0n) is 15.5. The smallest absolute Gasteiger partial charge is 0.312 e. The second kappa shape index (κ2) is 7.96. The van der Waals surface area contributed by atoms with Crippen LogP contribution in [0, 0.1) is 24.0 Å². The number of carbonyl (C=O) groups excluding carboxylic acids is 1. The summed E-state index contributed by atoms with van der Waals surface area (Å²) in [7, 11) is 0. The highest BCUT2D eigenvalue weighted by molar-refractivity contribution is 5.90. The van der Waals surface area contributed by atoms with Crippen molar-refractivity contribution in [2.75, 3.05) is 5.32 Å². The Hall–Kier alpha value is -3.60. The molecule has 11 heteroatoms. The lowest BCUT2D eigenvalue weighted by molar-refractivity contribution is -0.386. The highest BCUT2D eigenvalue weighted by atomic mass is 16.6. The van der Waals surface area contributed by atoms with Gasteiger partial charge < -0.3 is 11.1 Å². The molecule has 2 heterocycles. The highest BCUT2D eigenvalue weighted by Gasteiger charge is 2.21. The molecule has 0 aliphatic rings. The third kappa shape index (κ3) is 4.04. The number of aromatic nitrogens is 5. The third-order valence-electron chi connectivity index (χ3n) is 4.23. The van der Waals surface area contributed by atoms with Crippen molar-refractivity contribution in [2.45, 2.75) is 33.4 Å². The zero-order chi connectivity index (χ0) is 20.3. The van der Waals surface area contributed by atoms with Gasteiger partial charge in [0, 0.05) is 17.7 Å². The Morgan fingerprint density at radius 2 is 2.04 bits per heavy atom. The van der Waals surface area contributed by atoms with E-state index in [1.54, 1.807) is 38.1 Å². The van der Waals surface area contributed by atoms with Gasteiger partial charge in [-0.05, 0) is 38.1 Å². The van der Waals surface area contributed by atoms with Crippen molar-refractivity contribution in [2.24, 2.45) is 5.73 Å². The van der Waals surface area contributed by atoms with Crippen LogP contribution >= 0.6 is 0 Å². The molecule has 2 aromatic heterocycles. The van der Waals surface area contributed by atoms with Crippen LogP contribution in [0.15, 0.2) is 24.3 Å². The minimum Gasteiger partial charge on any atom is -0.326 e. The average molecular weight is 384 g/mol. The maximum atomic E-state index is 12.2. The monoisotopic (exact) mass is 384 g/mol. The van der Waals surface area contributed by atoms with Crippen LogP contribution in [0.1, 0.15) is 23.6 Å². The van der Waals surface area contributed by atoms with E-state index in [1.165, 1.54) is 4.68 Å². The lowest BCUT2D eigenvalue weighted by atomic mass is 10.2. The Morgan fingerprint density at radius 1 is 1.32 bits per heavy atom. The van der Waals surface area contributed by atoms with Gasteiger partial charge in [0.05, 0.1) is 18.0 Å². The van der Waals surface area contributed by atoms with E-state index in [2.05, 4.69) is 25.6 Å². The second-order valence-electron chi connectivity index (χ2n) is 6.19. The molecule has 0 radical (unpaired) electrons. The molecule has 0 fully saturated rings. The molecule has 4 N–H and O–H groups in total. The number of nitro groups is 1. The fraction of sp³-hybridized carbons (Fsp3) is 0.294. The lowest BCUT2D eigenvalue weighted by Gasteiger charge is -2.07. The van der Waals surface area contributed by atoms with Crippen LogP contribution in [0.3, 0.4) is 0 Å². The van der Waals surface area contributed by atoms with Crippen LogP contribution in [0.5, 0.6) is 0 Å². The van der Waals surface area contributed by atoms with E-state index in [0.29, 0.717) is 28.7 Å². The molecule has 146 valence electrons. The van der Waals surface area contributed by atoms with Crippen molar-refractivity contribution < 1.29 is 9.72 Å². The number of amides is 1. The summed E-state index contributed by atoms with van der Waals surface area (Å²) < 4.78 is 1.48. The Balaban J connectivity index is 1.59. The van der Waals surface area contributed by atoms with Crippen molar-refractivity contribution in [3.05, 3.63) is 51.6 Å². The molecule has 3 aromatic rings. The topological polar surface area (TPSA) is 158 Å². The number of hydrogen-bond acceptors (Lipinski definition) is 7. The summed E-state index contributed by atoms with van der Waals surface area (Å²) in [5.74, 6) is 0.910. The third-order valence-corrected chi connectivity index (χ3v) is 4.23. The van der Waals surface area contributed by atoms with Crippen LogP contribution in [0.4, 0.5) is 11.4 Å². The van der Waals surface area contributed by atoms with Crippen LogP contribution in [0.2, 0.25) is 0 Å². The summed E-state index contributed by atoms with van der Waals surface area (Å²) in [4.78, 5) is 27.0. The average Bonchev–Trinajstić information content (AvgIpc) is 3.25. The number of nitrogens with zero attached hydrogens (tertiary/aromatic N) is 5. The Labute approximate surface area is 160 Å². The fourth-order valence-electron chi connectivity index (χ4n) is 2.82. The number of aryl methyl sites for hydroxylation is 2. The number of hydrogen-bond donors (Lipinski definition) is 3. The number of carbonyl (C=O) groups is 1. The van der Waals surface area contributed by atoms with Crippen LogP contribution in [-0.2, 0) is 17.9 Å². The van der Waals surface area contributed by atoms with Gasteiger partial charge in [-0.3, -0.25) is 24.7 Å². The van der Waals surface area contributed by atoms with Crippen molar-refractivity contribution in [1.82, 2.24) is 25.0 Å². The summed E-state index contributed by atoms with van der Waals surface area (Å²) in [5.41, 5.74) is 7.68. The molecule has 3 rings (SSSR count). The van der Waals surface area contributed by atoms with Crippen molar-refractivity contribution >= 4 is 17.3 Å². The molecule has 0 spiro atoms. The van der Waals surface area contributed by atoms with Crippen molar-refractivity contribution in [3.8, 4) is 11.4 Å². The summed E-state index contributed by atoms with van der Waals surface area (Å²) >= 11 is 0. The Morgan fingerprint density at radius 3 is 2.61 bits per heavy atom. The molecule has 0 saturated carbocycles. The molecule has 1 aromatic carbocycles. The summed E-state index contributed by atoms with van der Waals surface area (Å²) in [6.07, 6.45) is 0.141. The molecule has 0 atom stereocenters. The molecular formula is C17H20N8O3. The quantitative estimate of drug-likeness (QED) is 0.413. The Bertz CT molecular complexity index is 1010. The van der Waals surface area contributed by atoms with Gasteiger partial charge in [-0.15, -0.1) is 0 Å². The minimum atomic E-state index is -0.458. The standard InChI is InChI=1S/C17H20N8O3/c1-10-16(25(27)28)11(2)24(23-10)8-7-15(26)19-13-5-3-12(4-6-13)17-20-14(9-18)21-22-17/h3-6H,7-9,18H2,1-2H3,(H,19,26)(H,20,21,22). The van der Waals surface area contributed by atoms with Crippen molar-refractivity contribution in [1.29, 1.82) is 0 Å². The SMILES string of the molecule is Cc1nn(CCC(=O)Nc2ccc(-c3n[nH]c(CN)n3)cc2)c(C)c1[N+](=O)[O-]. The van der Waals surface area contributed by atoms with Gasteiger partial charge in [-0.2, -0.15) is 10.2 Å². The van der Waals surface area contributed by atoms with E-state index < -0.39 is 4.92 Å².